The molecule has 0 bridgehead atoms. The lowest BCUT2D eigenvalue weighted by Crippen LogP contribution is -2.15. The molecule has 0 amide bonds. The van der Waals surface area contributed by atoms with Gasteiger partial charge in [0.25, 0.3) is 0 Å². The number of carbonyl (C=O) groups excluding carboxylic acids is 1. The molecule has 0 aliphatic rings. The number of nitrogens with two attached hydrogens (primary N) is 1. The van der Waals surface area contributed by atoms with Crippen molar-refractivity contribution in [2.24, 2.45) is 0 Å². The minimum Gasteiger partial charge on any atom is -0.462 e. The van der Waals surface area contributed by atoms with Gasteiger partial charge in [0.1, 0.15) is 5.82 Å². The lowest BCUT2D eigenvalue weighted by molar-refractivity contribution is 0.0527. The minimum absolute atomic E-state index is 0.282. The van der Waals surface area contributed by atoms with E-state index in [0.29, 0.717) is 31.1 Å². The van der Waals surface area contributed by atoms with Gasteiger partial charge in [-0.3, -0.25) is 4.68 Å². The van der Waals surface area contributed by atoms with Crippen molar-refractivity contribution in [1.29, 1.82) is 0 Å². The van der Waals surface area contributed by atoms with Crippen LogP contribution in [0.3, 0.4) is 0 Å². The molecule has 3 N–H and O–H groups in total. The summed E-state index contributed by atoms with van der Waals surface area (Å²) in [4.78, 5) is 15.8. The summed E-state index contributed by atoms with van der Waals surface area (Å²) in [5, 5.41) is 10.6. The molecule has 20 heavy (non-hydrogen) atoms. The van der Waals surface area contributed by atoms with Crippen molar-refractivity contribution in [2.75, 3.05) is 24.2 Å². The molecule has 0 radical (unpaired) electrons. The molecule has 0 spiro atoms. The third kappa shape index (κ3) is 3.22. The number of anilines is 2. The van der Waals surface area contributed by atoms with Crippen LogP contribution in [-0.4, -0.2) is 39.1 Å². The first-order chi connectivity index (χ1) is 9.72. The fraction of sp³-hybridized carbons (Fsp3) is 0.333. The lowest BCUT2D eigenvalue weighted by Gasteiger charge is -2.11. The highest BCUT2D eigenvalue weighted by atomic mass is 16.5. The zero-order valence-corrected chi connectivity index (χ0v) is 11.1. The SMILES string of the molecule is CCOC(=O)c1ccnc(NCCn2ccnn2)c1N. The fourth-order valence-corrected chi connectivity index (χ4v) is 1.64. The van der Waals surface area contributed by atoms with Crippen molar-refractivity contribution in [1.82, 2.24) is 20.0 Å². The monoisotopic (exact) mass is 276 g/mol. The first kappa shape index (κ1) is 13.8. The van der Waals surface area contributed by atoms with E-state index >= 15 is 0 Å². The van der Waals surface area contributed by atoms with Gasteiger partial charge in [0.2, 0.25) is 0 Å². The Labute approximate surface area is 115 Å². The van der Waals surface area contributed by atoms with E-state index in [1.807, 2.05) is 0 Å². The van der Waals surface area contributed by atoms with Crippen molar-refractivity contribution in [3.63, 3.8) is 0 Å². The Morgan fingerprint density at radius 2 is 2.35 bits per heavy atom. The number of nitrogen functional groups attached to an aromatic ring is 1. The highest BCUT2D eigenvalue weighted by Crippen LogP contribution is 2.20. The average molecular weight is 276 g/mol. The number of hydrogen-bond donors (Lipinski definition) is 2. The van der Waals surface area contributed by atoms with E-state index in [-0.39, 0.29) is 5.69 Å². The molecule has 0 aromatic carbocycles. The summed E-state index contributed by atoms with van der Waals surface area (Å²) in [5.41, 5.74) is 6.51. The van der Waals surface area contributed by atoms with Gasteiger partial charge in [-0.2, -0.15) is 0 Å². The Balaban J connectivity index is 2.01. The summed E-state index contributed by atoms with van der Waals surface area (Å²) >= 11 is 0. The van der Waals surface area contributed by atoms with Crippen LogP contribution in [0.5, 0.6) is 0 Å². The fourth-order valence-electron chi connectivity index (χ4n) is 1.64. The van der Waals surface area contributed by atoms with Gasteiger partial charge in [-0.15, -0.1) is 5.10 Å². The molecule has 2 aromatic rings. The predicted octanol–water partition coefficient (Wildman–Crippen LogP) is 0.544. The van der Waals surface area contributed by atoms with Crippen LogP contribution in [0.15, 0.2) is 24.7 Å². The van der Waals surface area contributed by atoms with Crippen LogP contribution in [0.4, 0.5) is 11.5 Å². The Kier molecular flexibility index (Phi) is 4.48. The standard InChI is InChI=1S/C12H16N6O2/c1-2-20-12(19)9-3-4-14-11(10(9)13)15-5-7-18-8-6-16-17-18/h3-4,6,8H,2,5,7,13H2,1H3,(H,14,15). The number of pyridine rings is 1. The third-order valence-electron chi connectivity index (χ3n) is 2.59. The summed E-state index contributed by atoms with van der Waals surface area (Å²) < 4.78 is 6.61. The van der Waals surface area contributed by atoms with Crippen LogP contribution >= 0.6 is 0 Å². The van der Waals surface area contributed by atoms with Gasteiger partial charge in [0, 0.05) is 18.9 Å². The maximum absolute atomic E-state index is 11.7. The summed E-state index contributed by atoms with van der Waals surface area (Å²) in [6.07, 6.45) is 4.88. The molecule has 0 saturated heterocycles. The van der Waals surface area contributed by atoms with Crippen molar-refractivity contribution >= 4 is 17.5 Å². The van der Waals surface area contributed by atoms with Gasteiger partial charge in [0.05, 0.1) is 30.6 Å². The van der Waals surface area contributed by atoms with Crippen LogP contribution in [0.25, 0.3) is 0 Å². The normalized spacial score (nSPS) is 10.2. The van der Waals surface area contributed by atoms with Crippen molar-refractivity contribution in [3.8, 4) is 0 Å². The number of carbonyl (C=O) groups is 1. The number of aromatic nitrogens is 4. The van der Waals surface area contributed by atoms with Crippen LogP contribution in [-0.2, 0) is 11.3 Å². The molecule has 0 aliphatic carbocycles. The smallest absolute Gasteiger partial charge is 0.340 e. The second-order valence-electron chi connectivity index (χ2n) is 3.93. The molecule has 2 rings (SSSR count). The first-order valence-electron chi connectivity index (χ1n) is 6.22. The molecule has 2 aromatic heterocycles. The molecule has 0 saturated carbocycles. The number of esters is 1. The van der Waals surface area contributed by atoms with Crippen molar-refractivity contribution in [2.45, 2.75) is 13.5 Å². The second kappa shape index (κ2) is 6.50. The molecule has 0 unspecified atom stereocenters. The van der Waals surface area contributed by atoms with Gasteiger partial charge in [-0.05, 0) is 13.0 Å². The second-order valence-corrected chi connectivity index (χ2v) is 3.93. The van der Waals surface area contributed by atoms with E-state index in [2.05, 4.69) is 20.6 Å². The summed E-state index contributed by atoms with van der Waals surface area (Å²) in [6.45, 7) is 3.22. The number of nitrogens with zero attached hydrogens (tertiary/aromatic N) is 4. The molecule has 8 nitrogen and oxygen atoms in total. The van der Waals surface area contributed by atoms with Crippen LogP contribution in [0.1, 0.15) is 17.3 Å². The van der Waals surface area contributed by atoms with Gasteiger partial charge < -0.3 is 15.8 Å². The Morgan fingerprint density at radius 3 is 3.05 bits per heavy atom. The summed E-state index contributed by atoms with van der Waals surface area (Å²) in [7, 11) is 0. The maximum Gasteiger partial charge on any atom is 0.340 e. The van der Waals surface area contributed by atoms with Crippen molar-refractivity contribution < 1.29 is 9.53 Å². The quantitative estimate of drug-likeness (QED) is 0.741. The Hall–Kier alpha value is -2.64. The lowest BCUT2D eigenvalue weighted by atomic mass is 10.2. The zero-order valence-electron chi connectivity index (χ0n) is 11.1. The summed E-state index contributed by atoms with van der Waals surface area (Å²) in [6, 6.07) is 1.54. The molecule has 0 aliphatic heterocycles. The highest BCUT2D eigenvalue weighted by molar-refractivity contribution is 5.97. The van der Waals surface area contributed by atoms with Crippen LogP contribution in [0.2, 0.25) is 0 Å². The maximum atomic E-state index is 11.7. The average Bonchev–Trinajstić information content (AvgIpc) is 2.94. The molecule has 0 atom stereocenters. The zero-order chi connectivity index (χ0) is 14.4. The predicted molar refractivity (Wildman–Crippen MR) is 73.1 cm³/mol. The van der Waals surface area contributed by atoms with E-state index < -0.39 is 5.97 Å². The molecule has 106 valence electrons. The Morgan fingerprint density at radius 1 is 1.50 bits per heavy atom. The number of ether oxygens (including phenoxy) is 1. The van der Waals surface area contributed by atoms with Gasteiger partial charge >= 0.3 is 5.97 Å². The number of hydrogen-bond acceptors (Lipinski definition) is 7. The van der Waals surface area contributed by atoms with Gasteiger partial charge in [0.15, 0.2) is 0 Å². The van der Waals surface area contributed by atoms with Crippen LogP contribution in [0, 0.1) is 0 Å². The highest BCUT2D eigenvalue weighted by Gasteiger charge is 2.14. The van der Waals surface area contributed by atoms with E-state index in [1.165, 1.54) is 12.3 Å². The Bertz CT molecular complexity index is 569. The molecular weight excluding hydrogens is 260 g/mol. The van der Waals surface area contributed by atoms with Gasteiger partial charge in [-0.25, -0.2) is 9.78 Å². The van der Waals surface area contributed by atoms with Crippen molar-refractivity contribution in [3.05, 3.63) is 30.2 Å². The van der Waals surface area contributed by atoms with E-state index in [0.717, 1.165) is 0 Å². The number of nitrogens with one attached hydrogen (secondary N) is 1. The third-order valence-corrected chi connectivity index (χ3v) is 2.59. The molecule has 8 heteroatoms. The minimum atomic E-state index is -0.452. The van der Waals surface area contributed by atoms with Crippen LogP contribution < -0.4 is 11.1 Å². The molecular formula is C12H16N6O2. The number of rotatable bonds is 6. The van der Waals surface area contributed by atoms with E-state index in [1.54, 1.807) is 24.0 Å². The summed E-state index contributed by atoms with van der Waals surface area (Å²) in [5.74, 6) is 0.00222. The molecule has 0 fully saturated rings. The first-order valence-corrected chi connectivity index (χ1v) is 6.22. The van der Waals surface area contributed by atoms with E-state index in [9.17, 15) is 4.79 Å². The van der Waals surface area contributed by atoms with E-state index in [4.69, 9.17) is 10.5 Å². The molecule has 2 heterocycles. The topological polar surface area (TPSA) is 108 Å². The largest absolute Gasteiger partial charge is 0.462 e. The van der Waals surface area contributed by atoms with Gasteiger partial charge in [-0.1, -0.05) is 5.21 Å².